The molecule has 0 unspecified atom stereocenters. The van der Waals surface area contributed by atoms with Gasteiger partial charge < -0.3 is 14.8 Å². The van der Waals surface area contributed by atoms with Gasteiger partial charge in [0.15, 0.2) is 0 Å². The lowest BCUT2D eigenvalue weighted by atomic mass is 10.2. The molecule has 0 bridgehead atoms. The van der Waals surface area contributed by atoms with Crippen LogP contribution in [-0.2, 0) is 6.42 Å². The lowest BCUT2D eigenvalue weighted by Crippen LogP contribution is -2.11. The van der Waals surface area contributed by atoms with E-state index in [9.17, 15) is 0 Å². The molecule has 0 spiro atoms. The summed E-state index contributed by atoms with van der Waals surface area (Å²) in [7, 11) is 0. The van der Waals surface area contributed by atoms with Crippen molar-refractivity contribution >= 4 is 5.69 Å². The number of unbranched alkanes of at least 4 members (excludes halogenated alkanes) is 3. The van der Waals surface area contributed by atoms with E-state index in [-0.39, 0.29) is 0 Å². The molecule has 0 amide bonds. The lowest BCUT2D eigenvalue weighted by Gasteiger charge is -2.11. The van der Waals surface area contributed by atoms with Gasteiger partial charge in [0.05, 0.1) is 6.61 Å². The van der Waals surface area contributed by atoms with E-state index in [1.807, 2.05) is 24.3 Å². The molecule has 2 aromatic carbocycles. The molecule has 0 heterocycles. The molecule has 0 aliphatic carbocycles. The summed E-state index contributed by atoms with van der Waals surface area (Å²) in [5, 5.41) is 3.38. The fourth-order valence-corrected chi connectivity index (χ4v) is 2.60. The first kappa shape index (κ1) is 19.2. The molecule has 0 saturated heterocycles. The van der Waals surface area contributed by atoms with Gasteiger partial charge in [-0.05, 0) is 42.7 Å². The minimum absolute atomic E-state index is 0.633. The maximum atomic E-state index is 5.82. The Balaban J connectivity index is 1.67. The molecule has 0 aromatic heterocycles. The zero-order chi connectivity index (χ0) is 17.7. The standard InChI is InChI=1S/C22H31NO2/c1-3-5-6-7-16-24-22-10-8-9-20(18-22)23-15-17-25-21-13-11-19(4-2)12-14-21/h8-14,18,23H,3-7,15-17H2,1-2H3. The predicted molar refractivity (Wildman–Crippen MR) is 106 cm³/mol. The Labute approximate surface area is 152 Å². The molecule has 0 aliphatic heterocycles. The van der Waals surface area contributed by atoms with Gasteiger partial charge in [0.25, 0.3) is 0 Å². The predicted octanol–water partition coefficient (Wildman–Crippen LogP) is 5.70. The second-order valence-corrected chi connectivity index (χ2v) is 6.21. The van der Waals surface area contributed by atoms with Gasteiger partial charge in [-0.3, -0.25) is 0 Å². The fourth-order valence-electron chi connectivity index (χ4n) is 2.60. The normalized spacial score (nSPS) is 10.5. The van der Waals surface area contributed by atoms with Gasteiger partial charge in [0.1, 0.15) is 18.1 Å². The van der Waals surface area contributed by atoms with E-state index in [2.05, 4.69) is 43.4 Å². The largest absolute Gasteiger partial charge is 0.494 e. The molecule has 0 saturated carbocycles. The number of rotatable bonds is 12. The molecule has 0 fully saturated rings. The first-order chi connectivity index (χ1) is 12.3. The third-order valence-corrected chi connectivity index (χ3v) is 4.13. The van der Waals surface area contributed by atoms with Crippen molar-refractivity contribution in [3.63, 3.8) is 0 Å². The van der Waals surface area contributed by atoms with Gasteiger partial charge in [0, 0.05) is 18.3 Å². The summed E-state index contributed by atoms with van der Waals surface area (Å²) in [6, 6.07) is 16.4. The molecular formula is C22H31NO2. The highest BCUT2D eigenvalue weighted by Crippen LogP contribution is 2.18. The smallest absolute Gasteiger partial charge is 0.121 e. The number of aryl methyl sites for hydroxylation is 1. The Hall–Kier alpha value is -2.16. The molecule has 1 N–H and O–H groups in total. The summed E-state index contributed by atoms with van der Waals surface area (Å²) >= 11 is 0. The number of benzene rings is 2. The highest BCUT2D eigenvalue weighted by atomic mass is 16.5. The number of hydrogen-bond acceptors (Lipinski definition) is 3. The summed E-state index contributed by atoms with van der Waals surface area (Å²) in [5.74, 6) is 1.85. The Morgan fingerprint density at radius 2 is 1.60 bits per heavy atom. The third kappa shape index (κ3) is 7.51. The van der Waals surface area contributed by atoms with Crippen molar-refractivity contribution in [3.8, 4) is 11.5 Å². The Bertz CT molecular complexity index is 595. The minimum atomic E-state index is 0.633. The molecule has 3 nitrogen and oxygen atoms in total. The Morgan fingerprint density at radius 1 is 0.800 bits per heavy atom. The van der Waals surface area contributed by atoms with Crippen LogP contribution in [0.5, 0.6) is 11.5 Å². The minimum Gasteiger partial charge on any atom is -0.494 e. The van der Waals surface area contributed by atoms with E-state index >= 15 is 0 Å². The Morgan fingerprint density at radius 3 is 2.36 bits per heavy atom. The van der Waals surface area contributed by atoms with Crippen LogP contribution in [0.4, 0.5) is 5.69 Å². The van der Waals surface area contributed by atoms with Gasteiger partial charge in [-0.2, -0.15) is 0 Å². The molecule has 3 heteroatoms. The summed E-state index contributed by atoms with van der Waals surface area (Å²) in [6.07, 6.45) is 5.95. The van der Waals surface area contributed by atoms with E-state index in [0.717, 1.165) is 43.2 Å². The van der Waals surface area contributed by atoms with E-state index < -0.39 is 0 Å². The van der Waals surface area contributed by atoms with Crippen molar-refractivity contribution in [1.29, 1.82) is 0 Å². The lowest BCUT2D eigenvalue weighted by molar-refractivity contribution is 0.305. The SMILES string of the molecule is CCCCCCOc1cccc(NCCOc2ccc(CC)cc2)c1. The van der Waals surface area contributed by atoms with Crippen LogP contribution in [0.3, 0.4) is 0 Å². The van der Waals surface area contributed by atoms with Gasteiger partial charge >= 0.3 is 0 Å². The molecular weight excluding hydrogens is 310 g/mol. The zero-order valence-corrected chi connectivity index (χ0v) is 15.6. The van der Waals surface area contributed by atoms with Gasteiger partial charge in [-0.25, -0.2) is 0 Å². The topological polar surface area (TPSA) is 30.5 Å². The van der Waals surface area contributed by atoms with Crippen molar-refractivity contribution in [2.24, 2.45) is 0 Å². The fraction of sp³-hybridized carbons (Fsp3) is 0.455. The summed E-state index contributed by atoms with van der Waals surface area (Å²) in [5.41, 5.74) is 2.40. The third-order valence-electron chi connectivity index (χ3n) is 4.13. The van der Waals surface area contributed by atoms with E-state index in [1.165, 1.54) is 24.8 Å². The summed E-state index contributed by atoms with van der Waals surface area (Å²) < 4.78 is 11.6. The average molecular weight is 341 g/mol. The number of ether oxygens (including phenoxy) is 2. The first-order valence-corrected chi connectivity index (χ1v) is 9.50. The monoisotopic (exact) mass is 341 g/mol. The van der Waals surface area contributed by atoms with E-state index in [1.54, 1.807) is 0 Å². The molecule has 2 aromatic rings. The second-order valence-electron chi connectivity index (χ2n) is 6.21. The van der Waals surface area contributed by atoms with Crippen LogP contribution in [-0.4, -0.2) is 19.8 Å². The van der Waals surface area contributed by atoms with Crippen LogP contribution < -0.4 is 14.8 Å². The quantitative estimate of drug-likeness (QED) is 0.502. The molecule has 0 radical (unpaired) electrons. The number of hydrogen-bond donors (Lipinski definition) is 1. The highest BCUT2D eigenvalue weighted by molar-refractivity contribution is 5.48. The summed E-state index contributed by atoms with van der Waals surface area (Å²) in [6.45, 7) is 6.56. The van der Waals surface area contributed by atoms with Crippen LogP contribution in [0.1, 0.15) is 45.1 Å². The van der Waals surface area contributed by atoms with Gasteiger partial charge in [-0.1, -0.05) is 51.3 Å². The highest BCUT2D eigenvalue weighted by Gasteiger charge is 1.98. The zero-order valence-electron chi connectivity index (χ0n) is 15.6. The molecule has 0 aliphatic rings. The van der Waals surface area contributed by atoms with Crippen LogP contribution in [0.25, 0.3) is 0 Å². The van der Waals surface area contributed by atoms with Crippen LogP contribution in [0.2, 0.25) is 0 Å². The van der Waals surface area contributed by atoms with Crippen molar-refractivity contribution in [3.05, 3.63) is 54.1 Å². The summed E-state index contributed by atoms with van der Waals surface area (Å²) in [4.78, 5) is 0. The molecule has 136 valence electrons. The maximum absolute atomic E-state index is 5.82. The van der Waals surface area contributed by atoms with Crippen LogP contribution in [0, 0.1) is 0 Å². The number of nitrogens with one attached hydrogen (secondary N) is 1. The van der Waals surface area contributed by atoms with Crippen LogP contribution in [0.15, 0.2) is 48.5 Å². The van der Waals surface area contributed by atoms with E-state index in [4.69, 9.17) is 9.47 Å². The van der Waals surface area contributed by atoms with Crippen molar-refractivity contribution in [2.75, 3.05) is 25.1 Å². The second kappa shape index (κ2) is 11.4. The molecule has 0 atom stereocenters. The molecule has 25 heavy (non-hydrogen) atoms. The van der Waals surface area contributed by atoms with Gasteiger partial charge in [0.2, 0.25) is 0 Å². The van der Waals surface area contributed by atoms with Crippen molar-refractivity contribution in [1.82, 2.24) is 0 Å². The van der Waals surface area contributed by atoms with E-state index in [0.29, 0.717) is 6.61 Å². The Kier molecular flexibility index (Phi) is 8.74. The van der Waals surface area contributed by atoms with Crippen molar-refractivity contribution in [2.45, 2.75) is 46.0 Å². The number of anilines is 1. The first-order valence-electron chi connectivity index (χ1n) is 9.50. The molecule has 2 rings (SSSR count). The van der Waals surface area contributed by atoms with Gasteiger partial charge in [-0.15, -0.1) is 0 Å². The van der Waals surface area contributed by atoms with Crippen LogP contribution >= 0.6 is 0 Å². The average Bonchev–Trinajstić information content (AvgIpc) is 2.66. The maximum Gasteiger partial charge on any atom is 0.121 e. The van der Waals surface area contributed by atoms with Crippen molar-refractivity contribution < 1.29 is 9.47 Å².